The Morgan fingerprint density at radius 2 is 1.79 bits per heavy atom. The number of aliphatic hydroxyl groups is 1. The maximum Gasteiger partial charge on any atom is 0.0788 e. The van der Waals surface area contributed by atoms with Crippen LogP contribution >= 0.6 is 0 Å². The summed E-state index contributed by atoms with van der Waals surface area (Å²) in [5, 5.41) is 9.91. The summed E-state index contributed by atoms with van der Waals surface area (Å²) in [5.41, 5.74) is 3.40. The maximum atomic E-state index is 9.91. The Morgan fingerprint density at radius 1 is 1.05 bits per heavy atom. The van der Waals surface area contributed by atoms with Gasteiger partial charge in [0.1, 0.15) is 0 Å². The van der Waals surface area contributed by atoms with Crippen molar-refractivity contribution in [1.29, 1.82) is 0 Å². The summed E-state index contributed by atoms with van der Waals surface area (Å²) in [5.74, 6) is 0. The van der Waals surface area contributed by atoms with E-state index < -0.39 is 0 Å². The van der Waals surface area contributed by atoms with E-state index in [0.717, 1.165) is 24.2 Å². The molecule has 0 saturated heterocycles. The molecule has 0 saturated carbocycles. The molecule has 100 valence electrons. The minimum atomic E-state index is -0.370. The van der Waals surface area contributed by atoms with E-state index in [1.165, 1.54) is 5.56 Å². The first-order chi connectivity index (χ1) is 9.20. The topological polar surface area (TPSA) is 23.5 Å². The first-order valence-electron chi connectivity index (χ1n) is 6.73. The summed E-state index contributed by atoms with van der Waals surface area (Å²) >= 11 is 0. The van der Waals surface area contributed by atoms with Gasteiger partial charge in [-0.05, 0) is 29.7 Å². The van der Waals surface area contributed by atoms with E-state index in [1.54, 1.807) is 0 Å². The number of hydrogen-bond donors (Lipinski definition) is 1. The molecule has 1 atom stereocenters. The van der Waals surface area contributed by atoms with E-state index in [2.05, 4.69) is 48.3 Å². The molecule has 0 radical (unpaired) electrons. The molecule has 0 amide bonds. The van der Waals surface area contributed by atoms with E-state index in [9.17, 15) is 5.11 Å². The van der Waals surface area contributed by atoms with E-state index in [1.807, 2.05) is 25.1 Å². The third-order valence-electron chi connectivity index (χ3n) is 3.35. The quantitative estimate of drug-likeness (QED) is 0.879. The third-order valence-corrected chi connectivity index (χ3v) is 3.35. The number of aliphatic hydroxyl groups excluding tert-OH is 1. The lowest BCUT2D eigenvalue weighted by Crippen LogP contribution is -2.16. The number of benzene rings is 2. The predicted molar refractivity (Wildman–Crippen MR) is 80.2 cm³/mol. The van der Waals surface area contributed by atoms with Crippen LogP contribution in [0.2, 0.25) is 0 Å². The van der Waals surface area contributed by atoms with Crippen LogP contribution in [-0.4, -0.2) is 12.2 Å². The number of anilines is 1. The third kappa shape index (κ3) is 3.58. The van der Waals surface area contributed by atoms with Crippen LogP contribution in [0, 0.1) is 0 Å². The monoisotopic (exact) mass is 255 g/mol. The SMILES string of the molecule is CCC(O)c1cccc(N(C)Cc2ccccc2)c1. The first-order valence-corrected chi connectivity index (χ1v) is 6.73. The number of rotatable bonds is 5. The molecule has 1 unspecified atom stereocenters. The minimum absolute atomic E-state index is 0.370. The molecule has 19 heavy (non-hydrogen) atoms. The van der Waals surface area contributed by atoms with Crippen molar-refractivity contribution in [1.82, 2.24) is 0 Å². The molecule has 0 aliphatic heterocycles. The van der Waals surface area contributed by atoms with Crippen molar-refractivity contribution in [2.75, 3.05) is 11.9 Å². The molecule has 2 aromatic carbocycles. The van der Waals surface area contributed by atoms with E-state index in [4.69, 9.17) is 0 Å². The molecule has 0 aliphatic rings. The van der Waals surface area contributed by atoms with Crippen molar-refractivity contribution in [2.24, 2.45) is 0 Å². The lowest BCUT2D eigenvalue weighted by Gasteiger charge is -2.21. The predicted octanol–water partition coefficient (Wildman–Crippen LogP) is 3.77. The zero-order valence-corrected chi connectivity index (χ0v) is 11.6. The van der Waals surface area contributed by atoms with Gasteiger partial charge in [-0.15, -0.1) is 0 Å². The van der Waals surface area contributed by atoms with Gasteiger partial charge in [0.05, 0.1) is 6.10 Å². The van der Waals surface area contributed by atoms with Crippen LogP contribution in [0.25, 0.3) is 0 Å². The summed E-state index contributed by atoms with van der Waals surface area (Å²) in [6, 6.07) is 18.5. The standard InChI is InChI=1S/C17H21NO/c1-3-17(19)15-10-7-11-16(12-15)18(2)13-14-8-5-4-6-9-14/h4-12,17,19H,3,13H2,1-2H3. The molecule has 2 rings (SSSR count). The van der Waals surface area contributed by atoms with Crippen molar-refractivity contribution < 1.29 is 5.11 Å². The Labute approximate surface area is 115 Å². The van der Waals surface area contributed by atoms with Gasteiger partial charge in [-0.1, -0.05) is 49.4 Å². The number of hydrogen-bond acceptors (Lipinski definition) is 2. The average molecular weight is 255 g/mol. The van der Waals surface area contributed by atoms with Crippen LogP contribution in [0.1, 0.15) is 30.6 Å². The first kappa shape index (κ1) is 13.6. The van der Waals surface area contributed by atoms with Crippen LogP contribution in [0.15, 0.2) is 54.6 Å². The molecule has 2 heteroatoms. The van der Waals surface area contributed by atoms with Gasteiger partial charge in [0, 0.05) is 19.3 Å². The Bertz CT molecular complexity index is 510. The number of nitrogens with zero attached hydrogens (tertiary/aromatic N) is 1. The highest BCUT2D eigenvalue weighted by molar-refractivity contribution is 5.48. The summed E-state index contributed by atoms with van der Waals surface area (Å²) in [6.45, 7) is 2.86. The van der Waals surface area contributed by atoms with Gasteiger partial charge in [0.15, 0.2) is 0 Å². The zero-order valence-electron chi connectivity index (χ0n) is 11.6. The van der Waals surface area contributed by atoms with E-state index >= 15 is 0 Å². The Hall–Kier alpha value is -1.80. The molecule has 1 N–H and O–H groups in total. The van der Waals surface area contributed by atoms with Gasteiger partial charge >= 0.3 is 0 Å². The van der Waals surface area contributed by atoms with Crippen LogP contribution < -0.4 is 4.90 Å². The van der Waals surface area contributed by atoms with Gasteiger partial charge in [-0.3, -0.25) is 0 Å². The summed E-state index contributed by atoms with van der Waals surface area (Å²) in [7, 11) is 2.07. The normalized spacial score (nSPS) is 12.2. The Morgan fingerprint density at radius 3 is 2.47 bits per heavy atom. The molecule has 0 bridgehead atoms. The Balaban J connectivity index is 2.13. The minimum Gasteiger partial charge on any atom is -0.388 e. The summed E-state index contributed by atoms with van der Waals surface area (Å²) < 4.78 is 0. The van der Waals surface area contributed by atoms with Crippen molar-refractivity contribution in [3.63, 3.8) is 0 Å². The van der Waals surface area contributed by atoms with Crippen molar-refractivity contribution in [2.45, 2.75) is 26.0 Å². The fourth-order valence-corrected chi connectivity index (χ4v) is 2.15. The summed E-state index contributed by atoms with van der Waals surface area (Å²) in [6.07, 6.45) is 0.372. The maximum absolute atomic E-state index is 9.91. The average Bonchev–Trinajstić information content (AvgIpc) is 2.47. The smallest absolute Gasteiger partial charge is 0.0788 e. The van der Waals surface area contributed by atoms with Crippen LogP contribution in [-0.2, 0) is 6.54 Å². The second-order valence-corrected chi connectivity index (χ2v) is 4.86. The van der Waals surface area contributed by atoms with Crippen LogP contribution in [0.5, 0.6) is 0 Å². The molecular formula is C17H21NO. The van der Waals surface area contributed by atoms with Gasteiger partial charge in [-0.25, -0.2) is 0 Å². The van der Waals surface area contributed by atoms with Crippen molar-refractivity contribution in [3.8, 4) is 0 Å². The molecule has 0 aliphatic carbocycles. The molecular weight excluding hydrogens is 234 g/mol. The second-order valence-electron chi connectivity index (χ2n) is 4.86. The van der Waals surface area contributed by atoms with Crippen LogP contribution in [0.3, 0.4) is 0 Å². The highest BCUT2D eigenvalue weighted by atomic mass is 16.3. The van der Waals surface area contributed by atoms with Crippen molar-refractivity contribution >= 4 is 5.69 Å². The molecule has 0 fully saturated rings. The second kappa shape index (κ2) is 6.39. The van der Waals surface area contributed by atoms with Gasteiger partial charge in [-0.2, -0.15) is 0 Å². The van der Waals surface area contributed by atoms with Crippen molar-refractivity contribution in [3.05, 3.63) is 65.7 Å². The van der Waals surface area contributed by atoms with E-state index in [0.29, 0.717) is 0 Å². The van der Waals surface area contributed by atoms with E-state index in [-0.39, 0.29) is 6.10 Å². The fourth-order valence-electron chi connectivity index (χ4n) is 2.15. The van der Waals surface area contributed by atoms with Crippen LogP contribution in [0.4, 0.5) is 5.69 Å². The lowest BCUT2D eigenvalue weighted by molar-refractivity contribution is 0.173. The highest BCUT2D eigenvalue weighted by Gasteiger charge is 2.07. The molecule has 0 spiro atoms. The fraction of sp³-hybridized carbons (Fsp3) is 0.294. The summed E-state index contributed by atoms with van der Waals surface area (Å²) in [4.78, 5) is 2.20. The largest absolute Gasteiger partial charge is 0.388 e. The molecule has 0 aromatic heterocycles. The van der Waals surface area contributed by atoms with Gasteiger partial charge in [0.25, 0.3) is 0 Å². The molecule has 2 aromatic rings. The molecule has 0 heterocycles. The Kier molecular flexibility index (Phi) is 4.58. The lowest BCUT2D eigenvalue weighted by atomic mass is 10.1. The molecule has 2 nitrogen and oxygen atoms in total. The highest BCUT2D eigenvalue weighted by Crippen LogP contribution is 2.22. The van der Waals surface area contributed by atoms with Gasteiger partial charge in [0.2, 0.25) is 0 Å². The zero-order chi connectivity index (χ0) is 13.7. The van der Waals surface area contributed by atoms with Gasteiger partial charge < -0.3 is 10.0 Å².